The highest BCUT2D eigenvalue weighted by atomic mass is 16.3. The van der Waals surface area contributed by atoms with Gasteiger partial charge in [-0.2, -0.15) is 0 Å². The Labute approximate surface area is 181 Å². The molecule has 3 aromatic carbocycles. The average Bonchev–Trinajstić information content (AvgIpc) is 3.29. The van der Waals surface area contributed by atoms with E-state index < -0.39 is 0 Å². The molecule has 0 bridgehead atoms. The molecule has 31 heavy (non-hydrogen) atoms. The molecule has 0 spiro atoms. The molecule has 5 rings (SSSR count). The molecule has 0 radical (unpaired) electrons. The summed E-state index contributed by atoms with van der Waals surface area (Å²) in [5, 5.41) is 2.19. The van der Waals surface area contributed by atoms with Crippen LogP contribution in [0.25, 0.3) is 21.9 Å². The monoisotopic (exact) mass is 408 g/mol. The first kappa shape index (κ1) is 19.1. The minimum atomic E-state index is -0.0703. The topological polar surface area (TPSA) is 44.3 Å². The Morgan fingerprint density at radius 1 is 0.903 bits per heavy atom. The van der Waals surface area contributed by atoms with Gasteiger partial charge in [0.15, 0.2) is 17.2 Å². The SMILES string of the molecule is C=NC1=C(/N=C\C)N(c2ccccc2)[C@H](C)N1c1c(C)ccc2c1oc1ccccc12. The largest absolute Gasteiger partial charge is 0.454 e. The smallest absolute Gasteiger partial charge is 0.178 e. The van der Waals surface area contributed by atoms with Crippen molar-refractivity contribution in [3.8, 4) is 0 Å². The van der Waals surface area contributed by atoms with E-state index in [-0.39, 0.29) is 6.17 Å². The first-order valence-corrected chi connectivity index (χ1v) is 10.4. The third-order valence-corrected chi connectivity index (χ3v) is 5.80. The molecular weight excluding hydrogens is 384 g/mol. The number of rotatable bonds is 4. The predicted octanol–water partition coefficient (Wildman–Crippen LogP) is 6.48. The zero-order valence-electron chi connectivity index (χ0n) is 17.9. The van der Waals surface area contributed by atoms with E-state index in [9.17, 15) is 0 Å². The third kappa shape index (κ3) is 2.85. The fraction of sp³-hybridized carbons (Fsp3) is 0.154. The lowest BCUT2D eigenvalue weighted by Crippen LogP contribution is -2.38. The van der Waals surface area contributed by atoms with Gasteiger partial charge in [-0.1, -0.05) is 48.5 Å². The Morgan fingerprint density at radius 2 is 1.65 bits per heavy atom. The van der Waals surface area contributed by atoms with E-state index in [1.807, 2.05) is 43.3 Å². The predicted molar refractivity (Wildman–Crippen MR) is 130 cm³/mol. The maximum atomic E-state index is 6.37. The summed E-state index contributed by atoms with van der Waals surface area (Å²) in [6.45, 7) is 10.0. The second-order valence-electron chi connectivity index (χ2n) is 7.61. The number of para-hydroxylation sites is 2. The number of nitrogens with zero attached hydrogens (tertiary/aromatic N) is 4. The number of furan rings is 1. The van der Waals surface area contributed by atoms with Gasteiger partial charge >= 0.3 is 0 Å². The minimum Gasteiger partial charge on any atom is -0.454 e. The van der Waals surface area contributed by atoms with E-state index in [4.69, 9.17) is 4.42 Å². The summed E-state index contributed by atoms with van der Waals surface area (Å²) >= 11 is 0. The number of aryl methyl sites for hydroxylation is 1. The number of fused-ring (bicyclic) bond motifs is 3. The summed E-state index contributed by atoms with van der Waals surface area (Å²) in [5.41, 5.74) is 4.87. The van der Waals surface area contributed by atoms with Crippen molar-refractivity contribution in [2.24, 2.45) is 9.98 Å². The normalized spacial score (nSPS) is 16.9. The van der Waals surface area contributed by atoms with Crippen LogP contribution in [0.4, 0.5) is 11.4 Å². The Bertz CT molecular complexity index is 1350. The molecule has 0 saturated carbocycles. The van der Waals surface area contributed by atoms with Crippen molar-refractivity contribution in [2.45, 2.75) is 26.9 Å². The number of hydrogen-bond acceptors (Lipinski definition) is 5. The molecule has 5 heteroatoms. The van der Waals surface area contributed by atoms with E-state index in [1.54, 1.807) is 6.21 Å². The molecule has 1 aliphatic rings. The maximum absolute atomic E-state index is 6.37. The van der Waals surface area contributed by atoms with Crippen molar-refractivity contribution >= 4 is 46.2 Å². The molecule has 0 aliphatic carbocycles. The van der Waals surface area contributed by atoms with Crippen molar-refractivity contribution in [1.29, 1.82) is 0 Å². The summed E-state index contributed by atoms with van der Waals surface area (Å²) in [6.07, 6.45) is 1.72. The minimum absolute atomic E-state index is 0.0703. The van der Waals surface area contributed by atoms with Crippen LogP contribution in [-0.2, 0) is 0 Å². The molecular formula is C26H24N4O. The van der Waals surface area contributed by atoms with Crippen LogP contribution in [-0.4, -0.2) is 19.1 Å². The molecule has 5 nitrogen and oxygen atoms in total. The Hall–Kier alpha value is -3.86. The summed E-state index contributed by atoms with van der Waals surface area (Å²) in [5.74, 6) is 1.48. The number of aliphatic imine (C=N–C) groups is 2. The van der Waals surface area contributed by atoms with Gasteiger partial charge in [-0.15, -0.1) is 0 Å². The molecule has 2 heterocycles. The Balaban J connectivity index is 1.79. The van der Waals surface area contributed by atoms with Gasteiger partial charge in [-0.05, 0) is 51.3 Å². The molecule has 1 atom stereocenters. The van der Waals surface area contributed by atoms with E-state index in [1.165, 1.54) is 0 Å². The molecule has 0 saturated heterocycles. The van der Waals surface area contributed by atoms with Crippen LogP contribution in [0.5, 0.6) is 0 Å². The van der Waals surface area contributed by atoms with Crippen LogP contribution in [0.2, 0.25) is 0 Å². The lowest BCUT2D eigenvalue weighted by Gasteiger charge is -2.31. The zero-order valence-corrected chi connectivity index (χ0v) is 17.9. The lowest BCUT2D eigenvalue weighted by atomic mass is 10.1. The Kier molecular flexibility index (Phi) is 4.59. The van der Waals surface area contributed by atoms with Gasteiger partial charge in [0.2, 0.25) is 0 Å². The molecule has 1 aromatic heterocycles. The van der Waals surface area contributed by atoms with Gasteiger partial charge in [0.05, 0.1) is 5.69 Å². The van der Waals surface area contributed by atoms with Crippen molar-refractivity contribution in [3.05, 3.63) is 83.9 Å². The van der Waals surface area contributed by atoms with Gasteiger partial charge in [0, 0.05) is 22.7 Å². The van der Waals surface area contributed by atoms with Gasteiger partial charge in [-0.25, -0.2) is 9.98 Å². The summed E-state index contributed by atoms with van der Waals surface area (Å²) in [6, 6.07) is 22.7. The molecule has 0 fully saturated rings. The van der Waals surface area contributed by atoms with Crippen LogP contribution in [0.1, 0.15) is 19.4 Å². The highest BCUT2D eigenvalue weighted by Crippen LogP contribution is 2.44. The standard InChI is InChI=1S/C26H24N4O/c1-5-28-26-25(27-4)30(18(3)29(26)19-11-7-6-8-12-19)23-17(2)15-16-21-20-13-9-10-14-22(20)31-24(21)23/h5-16,18H,4H2,1-3H3/b28-5-/t18-/m0/s1. The van der Waals surface area contributed by atoms with Crippen molar-refractivity contribution in [1.82, 2.24) is 0 Å². The van der Waals surface area contributed by atoms with Crippen LogP contribution in [0, 0.1) is 6.92 Å². The van der Waals surface area contributed by atoms with Crippen LogP contribution in [0.3, 0.4) is 0 Å². The van der Waals surface area contributed by atoms with Crippen LogP contribution in [0.15, 0.2) is 92.8 Å². The second-order valence-corrected chi connectivity index (χ2v) is 7.61. The van der Waals surface area contributed by atoms with Gasteiger partial charge in [-0.3, -0.25) is 4.90 Å². The molecule has 0 unspecified atom stereocenters. The zero-order chi connectivity index (χ0) is 21.5. The number of benzene rings is 3. The first-order chi connectivity index (χ1) is 15.2. The quantitative estimate of drug-likeness (QED) is 0.363. The molecule has 4 aromatic rings. The highest BCUT2D eigenvalue weighted by Gasteiger charge is 2.39. The third-order valence-electron chi connectivity index (χ3n) is 5.80. The van der Waals surface area contributed by atoms with E-state index in [0.717, 1.165) is 44.7 Å². The Morgan fingerprint density at radius 3 is 2.39 bits per heavy atom. The molecule has 1 aliphatic heterocycles. The van der Waals surface area contributed by atoms with E-state index in [2.05, 4.69) is 70.7 Å². The fourth-order valence-electron chi connectivity index (χ4n) is 4.47. The van der Waals surface area contributed by atoms with Gasteiger partial charge in [0.25, 0.3) is 0 Å². The van der Waals surface area contributed by atoms with Gasteiger partial charge in [0.1, 0.15) is 11.7 Å². The molecule has 0 amide bonds. The average molecular weight is 409 g/mol. The van der Waals surface area contributed by atoms with Gasteiger partial charge < -0.3 is 9.32 Å². The maximum Gasteiger partial charge on any atom is 0.178 e. The number of anilines is 2. The van der Waals surface area contributed by atoms with E-state index >= 15 is 0 Å². The molecule has 0 N–H and O–H groups in total. The fourth-order valence-corrected chi connectivity index (χ4v) is 4.47. The van der Waals surface area contributed by atoms with Crippen molar-refractivity contribution in [2.75, 3.05) is 9.80 Å². The number of hydrogen-bond donors (Lipinski definition) is 0. The first-order valence-electron chi connectivity index (χ1n) is 10.4. The summed E-state index contributed by atoms with van der Waals surface area (Å²) in [4.78, 5) is 13.5. The second kappa shape index (κ2) is 7.43. The lowest BCUT2D eigenvalue weighted by molar-refractivity contribution is 0.659. The highest BCUT2D eigenvalue weighted by molar-refractivity contribution is 6.10. The van der Waals surface area contributed by atoms with Crippen LogP contribution < -0.4 is 9.80 Å². The summed E-state index contributed by atoms with van der Waals surface area (Å²) in [7, 11) is 0. The summed E-state index contributed by atoms with van der Waals surface area (Å²) < 4.78 is 6.37. The van der Waals surface area contributed by atoms with Crippen molar-refractivity contribution < 1.29 is 4.42 Å². The van der Waals surface area contributed by atoms with E-state index in [0.29, 0.717) is 5.82 Å². The van der Waals surface area contributed by atoms with Crippen LogP contribution >= 0.6 is 0 Å². The molecule has 154 valence electrons. The van der Waals surface area contributed by atoms with Crippen molar-refractivity contribution in [3.63, 3.8) is 0 Å².